The van der Waals surface area contributed by atoms with Crippen LogP contribution in [0.5, 0.6) is 11.5 Å². The van der Waals surface area contributed by atoms with E-state index in [-0.39, 0.29) is 30.9 Å². The van der Waals surface area contributed by atoms with Gasteiger partial charge in [0.2, 0.25) is 5.91 Å². The second-order valence-electron chi connectivity index (χ2n) is 4.41. The summed E-state index contributed by atoms with van der Waals surface area (Å²) in [5.41, 5.74) is 4.88. The van der Waals surface area contributed by atoms with Gasteiger partial charge in [0.05, 0.1) is 13.0 Å². The molecule has 7 N–H and O–H groups in total. The molecule has 1 amide bonds. The van der Waals surface area contributed by atoms with E-state index in [9.17, 15) is 14.7 Å². The predicted molar refractivity (Wildman–Crippen MR) is 78.2 cm³/mol. The lowest BCUT2D eigenvalue weighted by molar-refractivity contribution is -0.140. The Morgan fingerprint density at radius 1 is 1.30 bits per heavy atom. The number of aliphatic hydroxyl groups excluding tert-OH is 1. The number of aliphatic hydroxyl groups is 1. The van der Waals surface area contributed by atoms with Crippen molar-refractivity contribution >= 4 is 20.5 Å². The highest BCUT2D eigenvalue weighted by Crippen LogP contribution is 2.36. The number of hydrazine groups is 1. The maximum absolute atomic E-state index is 11.2. The van der Waals surface area contributed by atoms with Crippen LogP contribution in [0.2, 0.25) is 0 Å². The molecule has 128 valence electrons. The van der Waals surface area contributed by atoms with Gasteiger partial charge >= 0.3 is 14.6 Å². The average Bonchev–Trinajstić information content (AvgIpc) is 2.45. The zero-order chi connectivity index (χ0) is 17.4. The van der Waals surface area contributed by atoms with Gasteiger partial charge in [-0.05, 0) is 17.7 Å². The van der Waals surface area contributed by atoms with E-state index < -0.39 is 26.5 Å². The maximum atomic E-state index is 11.2. The zero-order valence-corrected chi connectivity index (χ0v) is 12.7. The monoisotopic (exact) mass is 348 g/mol. The molecule has 0 aliphatic rings. The summed E-state index contributed by atoms with van der Waals surface area (Å²) in [5, 5.41) is 27.4. The van der Waals surface area contributed by atoms with Gasteiger partial charge in [-0.25, -0.2) is 5.43 Å². The van der Waals surface area contributed by atoms with E-state index >= 15 is 0 Å². The van der Waals surface area contributed by atoms with Gasteiger partial charge in [-0.3, -0.25) is 15.0 Å². The Hall–Kier alpha value is -1.97. The fourth-order valence-corrected chi connectivity index (χ4v) is 1.95. The molecule has 1 aromatic rings. The summed E-state index contributed by atoms with van der Waals surface area (Å²) < 4.78 is 4.57. The first-order valence-corrected chi connectivity index (χ1v) is 7.55. The number of carbonyl (C=O) groups is 2. The summed E-state index contributed by atoms with van der Waals surface area (Å²) >= 11 is 0. The number of rotatable bonds is 9. The first-order valence-electron chi connectivity index (χ1n) is 6.39. The third-order valence-electron chi connectivity index (χ3n) is 2.67. The summed E-state index contributed by atoms with van der Waals surface area (Å²) in [6.45, 7) is -0.362. The van der Waals surface area contributed by atoms with E-state index in [1.54, 1.807) is 0 Å². The molecule has 0 bridgehead atoms. The fraction of sp³-hybridized carbons (Fsp3) is 0.333. The Bertz CT molecular complexity index is 554. The molecule has 1 unspecified atom stereocenters. The second-order valence-corrected chi connectivity index (χ2v) is 5.10. The number of carbonyl (C=O) groups excluding carboxylic acids is 1. The topological polar surface area (TPSA) is 169 Å². The van der Waals surface area contributed by atoms with Crippen LogP contribution < -0.4 is 15.4 Å². The number of carboxylic acids is 1. The molecule has 1 atom stereocenters. The van der Waals surface area contributed by atoms with Crippen molar-refractivity contribution in [3.8, 4) is 11.5 Å². The Morgan fingerprint density at radius 2 is 2.00 bits per heavy atom. The van der Waals surface area contributed by atoms with Crippen LogP contribution in [0.1, 0.15) is 12.0 Å². The molecule has 0 heterocycles. The molecule has 0 radical (unpaired) electrons. The number of aliphatic carboxylic acids is 1. The zero-order valence-electron chi connectivity index (χ0n) is 11.8. The largest absolute Gasteiger partial charge is 0.504 e. The van der Waals surface area contributed by atoms with Crippen molar-refractivity contribution in [2.45, 2.75) is 18.9 Å². The molecule has 0 aliphatic heterocycles. The van der Waals surface area contributed by atoms with Crippen LogP contribution in [-0.2, 0) is 16.0 Å². The molecular formula is C12H17N2O8P. The van der Waals surface area contributed by atoms with Crippen LogP contribution in [0, 0.1) is 0 Å². The number of nitrogens with one attached hydrogen (secondary N) is 2. The van der Waals surface area contributed by atoms with Crippen LogP contribution in [0.4, 0.5) is 0 Å². The quantitative estimate of drug-likeness (QED) is 0.218. The number of benzene rings is 1. The fourth-order valence-electron chi connectivity index (χ4n) is 1.62. The highest BCUT2D eigenvalue weighted by atomic mass is 31.2. The first kappa shape index (κ1) is 19.1. The lowest BCUT2D eigenvalue weighted by Crippen LogP contribution is -2.49. The van der Waals surface area contributed by atoms with Crippen LogP contribution >= 0.6 is 8.60 Å². The molecule has 0 saturated carbocycles. The van der Waals surface area contributed by atoms with Gasteiger partial charge in [0.1, 0.15) is 6.04 Å². The molecule has 0 spiro atoms. The Labute approximate surface area is 132 Å². The van der Waals surface area contributed by atoms with Gasteiger partial charge in [0.25, 0.3) is 0 Å². The first-order chi connectivity index (χ1) is 10.8. The minimum Gasteiger partial charge on any atom is -0.504 e. The molecule has 0 aromatic heterocycles. The van der Waals surface area contributed by atoms with Crippen molar-refractivity contribution in [3.63, 3.8) is 0 Å². The van der Waals surface area contributed by atoms with E-state index in [0.717, 1.165) is 0 Å². The van der Waals surface area contributed by atoms with Gasteiger partial charge in [-0.1, -0.05) is 6.07 Å². The molecule has 0 saturated heterocycles. The smallest absolute Gasteiger partial charge is 0.391 e. The number of phenols is 1. The Kier molecular flexibility index (Phi) is 7.66. The standard InChI is InChI=1S/C12H17N2O8P/c15-4-3-11(17)14-13-8(12(18)19)5-7-1-2-10(9(16)6-7)22-23(20)21/h1-2,6,8,13,15-16,20-21H,3-5H2,(H,14,17)(H,18,19). The van der Waals surface area contributed by atoms with Crippen LogP contribution in [0.25, 0.3) is 0 Å². The van der Waals surface area contributed by atoms with E-state index in [2.05, 4.69) is 15.4 Å². The highest BCUT2D eigenvalue weighted by molar-refractivity contribution is 7.39. The van der Waals surface area contributed by atoms with Crippen molar-refractivity contribution in [1.29, 1.82) is 0 Å². The molecule has 23 heavy (non-hydrogen) atoms. The summed E-state index contributed by atoms with van der Waals surface area (Å²) in [4.78, 5) is 39.8. The summed E-state index contributed by atoms with van der Waals surface area (Å²) in [6, 6.07) is 2.73. The summed E-state index contributed by atoms with van der Waals surface area (Å²) in [6.07, 6.45) is -0.243. The van der Waals surface area contributed by atoms with Crippen molar-refractivity contribution in [2.75, 3.05) is 6.61 Å². The third-order valence-corrected chi connectivity index (χ3v) is 3.03. The third kappa shape index (κ3) is 6.76. The van der Waals surface area contributed by atoms with Crippen LogP contribution in [0.3, 0.4) is 0 Å². The van der Waals surface area contributed by atoms with Gasteiger partial charge < -0.3 is 29.6 Å². The van der Waals surface area contributed by atoms with E-state index in [4.69, 9.17) is 20.0 Å². The number of phenolic OH excluding ortho intramolecular Hbond substituents is 1. The molecule has 11 heteroatoms. The maximum Gasteiger partial charge on any atom is 0.391 e. The molecule has 0 aliphatic carbocycles. The summed E-state index contributed by atoms with van der Waals surface area (Å²) in [7, 11) is -2.68. The number of aromatic hydroxyl groups is 1. The van der Waals surface area contributed by atoms with Crippen molar-refractivity contribution in [2.24, 2.45) is 0 Å². The van der Waals surface area contributed by atoms with Crippen LogP contribution in [-0.4, -0.2) is 49.6 Å². The number of hydrogen-bond donors (Lipinski definition) is 7. The number of hydrogen-bond acceptors (Lipinski definition) is 8. The van der Waals surface area contributed by atoms with E-state index in [0.29, 0.717) is 5.56 Å². The molecule has 10 nitrogen and oxygen atoms in total. The van der Waals surface area contributed by atoms with Gasteiger partial charge in [-0.15, -0.1) is 0 Å². The molecule has 0 fully saturated rings. The van der Waals surface area contributed by atoms with Crippen molar-refractivity contribution in [1.82, 2.24) is 10.9 Å². The number of carboxylic acid groups (broad SMARTS) is 1. The van der Waals surface area contributed by atoms with Crippen molar-refractivity contribution in [3.05, 3.63) is 23.8 Å². The SMILES string of the molecule is O=C(CCO)NNC(Cc1ccc(OP(O)O)c(O)c1)C(=O)O. The van der Waals surface area contributed by atoms with E-state index in [1.165, 1.54) is 18.2 Å². The van der Waals surface area contributed by atoms with Gasteiger partial charge in [0, 0.05) is 6.42 Å². The minimum absolute atomic E-state index is 0.0738. The van der Waals surface area contributed by atoms with Gasteiger partial charge in [0.15, 0.2) is 11.5 Å². The predicted octanol–water partition coefficient (Wildman–Crippen LogP) is -1.02. The average molecular weight is 348 g/mol. The van der Waals surface area contributed by atoms with Crippen LogP contribution in [0.15, 0.2) is 18.2 Å². The molecule has 1 aromatic carbocycles. The second kappa shape index (κ2) is 9.23. The summed E-state index contributed by atoms with van der Waals surface area (Å²) in [5.74, 6) is -2.33. The van der Waals surface area contributed by atoms with E-state index in [1.807, 2.05) is 0 Å². The molecule has 1 rings (SSSR count). The lowest BCUT2D eigenvalue weighted by atomic mass is 10.1. The molecular weight excluding hydrogens is 331 g/mol. The van der Waals surface area contributed by atoms with Crippen molar-refractivity contribution < 1.29 is 39.2 Å². The Morgan fingerprint density at radius 3 is 2.52 bits per heavy atom. The number of amides is 1. The highest BCUT2D eigenvalue weighted by Gasteiger charge is 2.19. The minimum atomic E-state index is -2.68. The van der Waals surface area contributed by atoms with Gasteiger partial charge in [-0.2, -0.15) is 0 Å². The normalized spacial score (nSPS) is 12.0. The Balaban J connectivity index is 2.71. The lowest BCUT2D eigenvalue weighted by Gasteiger charge is -2.16.